The molecule has 4 nitrogen and oxygen atoms in total. The van der Waals surface area contributed by atoms with E-state index in [9.17, 15) is 4.79 Å². The molecule has 1 fully saturated rings. The van der Waals surface area contributed by atoms with Crippen molar-refractivity contribution in [2.75, 3.05) is 26.8 Å². The van der Waals surface area contributed by atoms with Crippen molar-refractivity contribution in [2.45, 2.75) is 45.1 Å². The Morgan fingerprint density at radius 3 is 2.61 bits per heavy atom. The SMILES string of the molecule is COC(=O)C(C)=CCN(CCO)C1CCCCC1. The van der Waals surface area contributed by atoms with E-state index in [1.165, 1.54) is 39.2 Å². The number of aliphatic hydroxyl groups is 1. The van der Waals surface area contributed by atoms with Gasteiger partial charge in [0.2, 0.25) is 0 Å². The number of carbonyl (C=O) groups is 1. The topological polar surface area (TPSA) is 49.8 Å². The molecule has 1 aliphatic rings. The molecule has 18 heavy (non-hydrogen) atoms. The van der Waals surface area contributed by atoms with Crippen LogP contribution in [0.15, 0.2) is 11.6 Å². The van der Waals surface area contributed by atoms with Crippen LogP contribution in [-0.4, -0.2) is 48.8 Å². The molecule has 0 heterocycles. The van der Waals surface area contributed by atoms with Crippen LogP contribution in [0.3, 0.4) is 0 Å². The molecule has 0 radical (unpaired) electrons. The normalized spacial score (nSPS) is 18.1. The van der Waals surface area contributed by atoms with Gasteiger partial charge in [-0.3, -0.25) is 4.90 Å². The Morgan fingerprint density at radius 1 is 1.39 bits per heavy atom. The van der Waals surface area contributed by atoms with Crippen molar-refractivity contribution in [3.63, 3.8) is 0 Å². The van der Waals surface area contributed by atoms with Crippen LogP contribution in [0.2, 0.25) is 0 Å². The summed E-state index contributed by atoms with van der Waals surface area (Å²) in [7, 11) is 1.40. The second-order valence-corrected chi connectivity index (χ2v) is 4.89. The minimum absolute atomic E-state index is 0.168. The fourth-order valence-electron chi connectivity index (χ4n) is 2.50. The Bertz CT molecular complexity index is 283. The zero-order valence-corrected chi connectivity index (χ0v) is 11.5. The molecule has 1 aliphatic carbocycles. The Hall–Kier alpha value is -0.870. The average molecular weight is 255 g/mol. The van der Waals surface area contributed by atoms with E-state index >= 15 is 0 Å². The maximum Gasteiger partial charge on any atom is 0.333 e. The number of rotatable bonds is 6. The van der Waals surface area contributed by atoms with Crippen molar-refractivity contribution in [1.29, 1.82) is 0 Å². The van der Waals surface area contributed by atoms with Gasteiger partial charge in [-0.2, -0.15) is 0 Å². The van der Waals surface area contributed by atoms with Crippen molar-refractivity contribution >= 4 is 5.97 Å². The number of methoxy groups -OCH3 is 1. The number of hydrogen-bond donors (Lipinski definition) is 1. The van der Waals surface area contributed by atoms with Gasteiger partial charge < -0.3 is 9.84 Å². The van der Waals surface area contributed by atoms with Gasteiger partial charge in [0.25, 0.3) is 0 Å². The highest BCUT2D eigenvalue weighted by Crippen LogP contribution is 2.22. The maximum absolute atomic E-state index is 11.3. The molecule has 0 amide bonds. The first-order valence-corrected chi connectivity index (χ1v) is 6.79. The van der Waals surface area contributed by atoms with Crippen molar-refractivity contribution in [2.24, 2.45) is 0 Å². The minimum atomic E-state index is -0.275. The predicted octanol–water partition coefficient (Wildman–Crippen LogP) is 1.73. The summed E-state index contributed by atoms with van der Waals surface area (Å²) in [5.41, 5.74) is 0.635. The van der Waals surface area contributed by atoms with Crippen molar-refractivity contribution in [1.82, 2.24) is 4.90 Å². The molecular formula is C14H25NO3. The van der Waals surface area contributed by atoms with Crippen molar-refractivity contribution in [3.8, 4) is 0 Å². The molecule has 0 aromatic carbocycles. The summed E-state index contributed by atoms with van der Waals surface area (Å²) < 4.78 is 4.67. The molecule has 104 valence electrons. The third-order valence-electron chi connectivity index (χ3n) is 3.62. The fourth-order valence-corrected chi connectivity index (χ4v) is 2.50. The molecule has 0 saturated heterocycles. The van der Waals surface area contributed by atoms with Crippen LogP contribution >= 0.6 is 0 Å². The Kier molecular flexibility index (Phi) is 6.98. The van der Waals surface area contributed by atoms with Gasteiger partial charge in [0.1, 0.15) is 0 Å². The summed E-state index contributed by atoms with van der Waals surface area (Å²) in [5, 5.41) is 9.13. The predicted molar refractivity (Wildman–Crippen MR) is 71.3 cm³/mol. The van der Waals surface area contributed by atoms with Crippen molar-refractivity contribution < 1.29 is 14.6 Å². The first-order chi connectivity index (χ1) is 8.69. The van der Waals surface area contributed by atoms with Crippen LogP contribution < -0.4 is 0 Å². The van der Waals surface area contributed by atoms with Crippen LogP contribution in [0.5, 0.6) is 0 Å². The van der Waals surface area contributed by atoms with Gasteiger partial charge in [0, 0.05) is 24.7 Å². The summed E-state index contributed by atoms with van der Waals surface area (Å²) in [4.78, 5) is 13.6. The zero-order valence-electron chi connectivity index (χ0n) is 11.5. The summed E-state index contributed by atoms with van der Waals surface area (Å²) in [6, 6.07) is 0.549. The number of esters is 1. The minimum Gasteiger partial charge on any atom is -0.466 e. The summed E-state index contributed by atoms with van der Waals surface area (Å²) >= 11 is 0. The molecule has 1 rings (SSSR count). The number of ether oxygens (including phenoxy) is 1. The zero-order chi connectivity index (χ0) is 13.4. The second kappa shape index (κ2) is 8.27. The molecule has 0 atom stereocenters. The molecule has 0 bridgehead atoms. The van der Waals surface area contributed by atoms with Crippen LogP contribution in [0, 0.1) is 0 Å². The fraction of sp³-hybridized carbons (Fsp3) is 0.786. The molecule has 0 aliphatic heterocycles. The van der Waals surface area contributed by atoms with E-state index < -0.39 is 0 Å². The van der Waals surface area contributed by atoms with Gasteiger partial charge in [-0.25, -0.2) is 4.79 Å². The lowest BCUT2D eigenvalue weighted by molar-refractivity contribution is -0.136. The lowest BCUT2D eigenvalue weighted by atomic mass is 9.94. The maximum atomic E-state index is 11.3. The summed E-state index contributed by atoms with van der Waals surface area (Å²) in [5.74, 6) is -0.275. The Labute approximate surface area is 110 Å². The van der Waals surface area contributed by atoms with E-state index in [0.717, 1.165) is 0 Å². The van der Waals surface area contributed by atoms with Crippen molar-refractivity contribution in [3.05, 3.63) is 11.6 Å². The quantitative estimate of drug-likeness (QED) is 0.580. The highest BCUT2D eigenvalue weighted by atomic mass is 16.5. The lowest BCUT2D eigenvalue weighted by Crippen LogP contribution is -2.39. The molecule has 4 heteroatoms. The molecule has 0 unspecified atom stereocenters. The lowest BCUT2D eigenvalue weighted by Gasteiger charge is -2.33. The molecule has 0 spiro atoms. The van der Waals surface area contributed by atoms with E-state index in [0.29, 0.717) is 24.7 Å². The van der Waals surface area contributed by atoms with Crippen LogP contribution in [0.1, 0.15) is 39.0 Å². The number of nitrogens with zero attached hydrogens (tertiary/aromatic N) is 1. The van der Waals surface area contributed by atoms with Crippen LogP contribution in [0.4, 0.5) is 0 Å². The summed E-state index contributed by atoms with van der Waals surface area (Å²) in [6.45, 7) is 3.33. The van der Waals surface area contributed by atoms with Gasteiger partial charge in [-0.05, 0) is 19.8 Å². The third kappa shape index (κ3) is 4.78. The number of carbonyl (C=O) groups excluding carboxylic acids is 1. The van der Waals surface area contributed by atoms with E-state index in [2.05, 4.69) is 9.64 Å². The largest absolute Gasteiger partial charge is 0.466 e. The Balaban J connectivity index is 2.53. The molecule has 1 saturated carbocycles. The second-order valence-electron chi connectivity index (χ2n) is 4.89. The summed E-state index contributed by atoms with van der Waals surface area (Å²) in [6.07, 6.45) is 8.16. The van der Waals surface area contributed by atoms with Gasteiger partial charge in [-0.1, -0.05) is 25.3 Å². The van der Waals surface area contributed by atoms with E-state index in [1.807, 2.05) is 6.08 Å². The van der Waals surface area contributed by atoms with Gasteiger partial charge in [-0.15, -0.1) is 0 Å². The average Bonchev–Trinajstić information content (AvgIpc) is 2.43. The van der Waals surface area contributed by atoms with E-state index in [1.54, 1.807) is 6.92 Å². The van der Waals surface area contributed by atoms with E-state index in [-0.39, 0.29) is 12.6 Å². The van der Waals surface area contributed by atoms with Gasteiger partial charge in [0.05, 0.1) is 13.7 Å². The van der Waals surface area contributed by atoms with Crippen LogP contribution in [0.25, 0.3) is 0 Å². The highest BCUT2D eigenvalue weighted by molar-refractivity contribution is 5.87. The highest BCUT2D eigenvalue weighted by Gasteiger charge is 2.20. The van der Waals surface area contributed by atoms with Gasteiger partial charge >= 0.3 is 5.97 Å². The smallest absolute Gasteiger partial charge is 0.333 e. The first-order valence-electron chi connectivity index (χ1n) is 6.79. The van der Waals surface area contributed by atoms with E-state index in [4.69, 9.17) is 5.11 Å². The first kappa shape index (κ1) is 15.2. The standard InChI is InChI=1S/C14H25NO3/c1-12(14(17)18-2)8-9-15(10-11-16)13-6-4-3-5-7-13/h8,13,16H,3-7,9-11H2,1-2H3. The molecule has 0 aromatic heterocycles. The van der Waals surface area contributed by atoms with Crippen LogP contribution in [-0.2, 0) is 9.53 Å². The monoisotopic (exact) mass is 255 g/mol. The molecular weight excluding hydrogens is 230 g/mol. The number of hydrogen-bond acceptors (Lipinski definition) is 4. The molecule has 0 aromatic rings. The number of aliphatic hydroxyl groups excluding tert-OH is 1. The van der Waals surface area contributed by atoms with Gasteiger partial charge in [0.15, 0.2) is 0 Å². The molecule has 1 N–H and O–H groups in total. The third-order valence-corrected chi connectivity index (χ3v) is 3.62. The Morgan fingerprint density at radius 2 is 2.06 bits per heavy atom.